The molecule has 0 heterocycles. The fourth-order valence-corrected chi connectivity index (χ4v) is 4.08. The molecule has 0 bridgehead atoms. The Morgan fingerprint density at radius 2 is 2.06 bits per heavy atom. The molecule has 3 rings (SSSR count). The van der Waals surface area contributed by atoms with Gasteiger partial charge in [-0.2, -0.15) is 0 Å². The first-order chi connectivity index (χ1) is 8.62. The molecule has 0 radical (unpaired) electrons. The average molecular weight is 332 g/mol. The lowest BCUT2D eigenvalue weighted by atomic mass is 9.62. The van der Waals surface area contributed by atoms with Gasteiger partial charge in [-0.05, 0) is 47.0 Å². The van der Waals surface area contributed by atoms with E-state index in [4.69, 9.17) is 16.3 Å². The summed E-state index contributed by atoms with van der Waals surface area (Å²) in [4.78, 5) is 0. The number of rotatable bonds is 2. The fourth-order valence-electron chi connectivity index (χ4n) is 3.30. The quantitative estimate of drug-likeness (QED) is 0.881. The lowest BCUT2D eigenvalue weighted by Gasteiger charge is -2.51. The lowest BCUT2D eigenvalue weighted by Crippen LogP contribution is -2.58. The van der Waals surface area contributed by atoms with Crippen molar-refractivity contribution in [2.24, 2.45) is 5.41 Å². The van der Waals surface area contributed by atoms with E-state index in [1.165, 1.54) is 12.8 Å². The molecule has 2 nitrogen and oxygen atoms in total. The average Bonchev–Trinajstić information content (AvgIpc) is 2.83. The molecule has 2 atom stereocenters. The van der Waals surface area contributed by atoms with Crippen molar-refractivity contribution in [2.75, 3.05) is 0 Å². The zero-order valence-corrected chi connectivity index (χ0v) is 12.4. The Labute approximate surface area is 120 Å². The predicted octanol–water partition coefficient (Wildman–Crippen LogP) is 4.17. The number of halogens is 2. The topological polar surface area (TPSA) is 29.5 Å². The zero-order valence-electron chi connectivity index (χ0n) is 10.0. The number of hydrogen-bond acceptors (Lipinski definition) is 2. The first kappa shape index (κ1) is 12.8. The molecule has 1 aromatic carbocycles. The normalized spacial score (nSPS) is 29.3. The summed E-state index contributed by atoms with van der Waals surface area (Å²) in [5.74, 6) is 0.822. The Hall–Kier alpha value is -0.250. The van der Waals surface area contributed by atoms with Crippen LogP contribution in [-0.2, 0) is 0 Å². The standard InChI is InChI=1S/C14H16BrClO2/c15-10-7-9(16)3-4-11(10)18-13-8-12(17)14(13)5-1-2-6-14/h3-4,7,12-13,17H,1-2,5-6,8H2. The molecule has 2 unspecified atom stereocenters. The first-order valence-corrected chi connectivity index (χ1v) is 7.59. The van der Waals surface area contributed by atoms with Crippen molar-refractivity contribution in [1.82, 2.24) is 0 Å². The largest absolute Gasteiger partial charge is 0.488 e. The second-order valence-corrected chi connectivity index (χ2v) is 6.66. The van der Waals surface area contributed by atoms with Crippen LogP contribution < -0.4 is 4.74 Å². The molecule has 1 N–H and O–H groups in total. The molecule has 0 aliphatic heterocycles. The van der Waals surface area contributed by atoms with Gasteiger partial charge in [0.15, 0.2) is 0 Å². The molecule has 4 heteroatoms. The van der Waals surface area contributed by atoms with Gasteiger partial charge in [-0.25, -0.2) is 0 Å². The maximum Gasteiger partial charge on any atom is 0.134 e. The Morgan fingerprint density at radius 3 is 2.67 bits per heavy atom. The highest BCUT2D eigenvalue weighted by atomic mass is 79.9. The fraction of sp³-hybridized carbons (Fsp3) is 0.571. The van der Waals surface area contributed by atoms with Gasteiger partial charge in [-0.15, -0.1) is 0 Å². The van der Waals surface area contributed by atoms with Crippen LogP contribution in [0.3, 0.4) is 0 Å². The molecule has 0 amide bonds. The van der Waals surface area contributed by atoms with Crippen molar-refractivity contribution < 1.29 is 9.84 Å². The van der Waals surface area contributed by atoms with Crippen molar-refractivity contribution >= 4 is 27.5 Å². The Balaban J connectivity index is 1.77. The SMILES string of the molecule is OC1CC(Oc2ccc(Cl)cc2Br)C12CCCC2. The molecular weight excluding hydrogens is 316 g/mol. The Morgan fingerprint density at radius 1 is 1.33 bits per heavy atom. The van der Waals surface area contributed by atoms with E-state index in [0.29, 0.717) is 5.02 Å². The summed E-state index contributed by atoms with van der Waals surface area (Å²) in [6.45, 7) is 0. The van der Waals surface area contributed by atoms with E-state index in [1.807, 2.05) is 18.2 Å². The van der Waals surface area contributed by atoms with Gasteiger partial charge < -0.3 is 9.84 Å². The second kappa shape index (κ2) is 4.69. The summed E-state index contributed by atoms with van der Waals surface area (Å²) in [5.41, 5.74) is 0.0130. The molecule has 2 aliphatic rings. The van der Waals surface area contributed by atoms with Gasteiger partial charge in [0.2, 0.25) is 0 Å². The van der Waals surface area contributed by atoms with E-state index in [0.717, 1.165) is 29.5 Å². The maximum atomic E-state index is 10.0. The molecule has 2 aliphatic carbocycles. The third-order valence-electron chi connectivity index (χ3n) is 4.44. The van der Waals surface area contributed by atoms with Crippen LogP contribution in [0, 0.1) is 5.41 Å². The van der Waals surface area contributed by atoms with Crippen LogP contribution in [0.2, 0.25) is 5.02 Å². The van der Waals surface area contributed by atoms with E-state index in [-0.39, 0.29) is 17.6 Å². The molecule has 2 saturated carbocycles. The van der Waals surface area contributed by atoms with Crippen molar-refractivity contribution in [3.63, 3.8) is 0 Å². The van der Waals surface area contributed by atoms with Gasteiger partial charge in [0.05, 0.1) is 10.6 Å². The molecule has 1 spiro atoms. The minimum atomic E-state index is -0.184. The lowest BCUT2D eigenvalue weighted by molar-refractivity contribution is -0.152. The highest BCUT2D eigenvalue weighted by Crippen LogP contribution is 2.55. The van der Waals surface area contributed by atoms with Gasteiger partial charge in [-0.3, -0.25) is 0 Å². The van der Waals surface area contributed by atoms with Crippen LogP contribution >= 0.6 is 27.5 Å². The molecule has 0 aromatic heterocycles. The van der Waals surface area contributed by atoms with E-state index in [9.17, 15) is 5.11 Å². The van der Waals surface area contributed by atoms with E-state index < -0.39 is 0 Å². The maximum absolute atomic E-state index is 10.0. The predicted molar refractivity (Wildman–Crippen MR) is 75.1 cm³/mol. The Kier molecular flexibility index (Phi) is 3.33. The molecule has 18 heavy (non-hydrogen) atoms. The summed E-state index contributed by atoms with van der Waals surface area (Å²) < 4.78 is 6.96. The smallest absolute Gasteiger partial charge is 0.134 e. The van der Waals surface area contributed by atoms with Crippen molar-refractivity contribution in [2.45, 2.75) is 44.3 Å². The summed E-state index contributed by atoms with van der Waals surface area (Å²) in [6, 6.07) is 5.56. The Bertz CT molecular complexity index is 457. The summed E-state index contributed by atoms with van der Waals surface area (Å²) >= 11 is 9.39. The number of aliphatic hydroxyl groups is 1. The molecule has 98 valence electrons. The second-order valence-electron chi connectivity index (χ2n) is 5.37. The van der Waals surface area contributed by atoms with Gasteiger partial charge in [-0.1, -0.05) is 24.4 Å². The van der Waals surface area contributed by atoms with Crippen LogP contribution in [-0.4, -0.2) is 17.3 Å². The van der Waals surface area contributed by atoms with E-state index in [2.05, 4.69) is 15.9 Å². The van der Waals surface area contributed by atoms with Crippen LogP contribution in [0.15, 0.2) is 22.7 Å². The van der Waals surface area contributed by atoms with Gasteiger partial charge in [0.25, 0.3) is 0 Å². The summed E-state index contributed by atoms with van der Waals surface area (Å²) in [5, 5.41) is 10.7. The van der Waals surface area contributed by atoms with Gasteiger partial charge in [0, 0.05) is 16.9 Å². The summed E-state index contributed by atoms with van der Waals surface area (Å²) in [6.07, 6.45) is 5.30. The third kappa shape index (κ3) is 1.97. The highest BCUT2D eigenvalue weighted by Gasteiger charge is 2.57. The van der Waals surface area contributed by atoms with Crippen LogP contribution in [0.5, 0.6) is 5.75 Å². The number of ether oxygens (including phenoxy) is 1. The van der Waals surface area contributed by atoms with Gasteiger partial charge in [0.1, 0.15) is 11.9 Å². The minimum Gasteiger partial charge on any atom is -0.488 e. The van der Waals surface area contributed by atoms with E-state index in [1.54, 1.807) is 0 Å². The van der Waals surface area contributed by atoms with E-state index >= 15 is 0 Å². The van der Waals surface area contributed by atoms with Crippen molar-refractivity contribution in [3.05, 3.63) is 27.7 Å². The molecule has 0 saturated heterocycles. The number of benzene rings is 1. The number of hydrogen-bond donors (Lipinski definition) is 1. The van der Waals surface area contributed by atoms with Crippen LogP contribution in [0.4, 0.5) is 0 Å². The van der Waals surface area contributed by atoms with Crippen LogP contribution in [0.25, 0.3) is 0 Å². The molecule has 1 aromatic rings. The van der Waals surface area contributed by atoms with Crippen molar-refractivity contribution in [3.8, 4) is 5.75 Å². The molecule has 2 fully saturated rings. The van der Waals surface area contributed by atoms with Crippen molar-refractivity contribution in [1.29, 1.82) is 0 Å². The number of aliphatic hydroxyl groups excluding tert-OH is 1. The van der Waals surface area contributed by atoms with Crippen LogP contribution in [0.1, 0.15) is 32.1 Å². The zero-order chi connectivity index (χ0) is 12.8. The third-order valence-corrected chi connectivity index (χ3v) is 5.29. The highest BCUT2D eigenvalue weighted by molar-refractivity contribution is 9.10. The molecular formula is C14H16BrClO2. The monoisotopic (exact) mass is 330 g/mol. The summed E-state index contributed by atoms with van der Waals surface area (Å²) in [7, 11) is 0. The first-order valence-electron chi connectivity index (χ1n) is 6.41. The minimum absolute atomic E-state index is 0.0130. The van der Waals surface area contributed by atoms with Gasteiger partial charge >= 0.3 is 0 Å².